The summed E-state index contributed by atoms with van der Waals surface area (Å²) in [5.41, 5.74) is 1.58. The van der Waals surface area contributed by atoms with Gasteiger partial charge in [0.15, 0.2) is 5.58 Å². The SMILES string of the molecule is O=c1[nH]c2ccc(S(=O)(=O)NCCCc3cccc(O)c3)cc2o1. The molecule has 24 heavy (non-hydrogen) atoms. The number of aromatic amines is 1. The van der Waals surface area contributed by atoms with Crippen LogP contribution in [0.1, 0.15) is 12.0 Å². The second-order valence-electron chi connectivity index (χ2n) is 5.34. The number of H-pyrrole nitrogens is 1. The molecule has 0 amide bonds. The molecule has 126 valence electrons. The topological polar surface area (TPSA) is 112 Å². The van der Waals surface area contributed by atoms with Crippen molar-refractivity contribution in [3.63, 3.8) is 0 Å². The Hall–Kier alpha value is -2.58. The Morgan fingerprint density at radius 2 is 2.00 bits per heavy atom. The lowest BCUT2D eigenvalue weighted by Crippen LogP contribution is -2.25. The maximum atomic E-state index is 12.3. The van der Waals surface area contributed by atoms with Gasteiger partial charge in [0, 0.05) is 12.6 Å². The van der Waals surface area contributed by atoms with Crippen molar-refractivity contribution in [2.75, 3.05) is 6.54 Å². The van der Waals surface area contributed by atoms with E-state index in [1.165, 1.54) is 18.2 Å². The predicted molar refractivity (Wildman–Crippen MR) is 88.5 cm³/mol. The van der Waals surface area contributed by atoms with Crippen LogP contribution in [-0.4, -0.2) is 25.1 Å². The van der Waals surface area contributed by atoms with Crippen LogP contribution in [-0.2, 0) is 16.4 Å². The summed E-state index contributed by atoms with van der Waals surface area (Å²) < 4.78 is 31.9. The molecule has 0 aliphatic heterocycles. The lowest BCUT2D eigenvalue weighted by molar-refractivity contribution is 0.474. The van der Waals surface area contributed by atoms with Gasteiger partial charge in [-0.15, -0.1) is 0 Å². The van der Waals surface area contributed by atoms with E-state index in [9.17, 15) is 18.3 Å². The Bertz CT molecular complexity index is 1020. The van der Waals surface area contributed by atoms with Crippen molar-refractivity contribution in [1.82, 2.24) is 9.71 Å². The van der Waals surface area contributed by atoms with Crippen LogP contribution < -0.4 is 10.5 Å². The molecular formula is C16H16N2O5S. The van der Waals surface area contributed by atoms with Gasteiger partial charge in [-0.1, -0.05) is 12.1 Å². The van der Waals surface area contributed by atoms with Crippen molar-refractivity contribution in [3.05, 3.63) is 58.6 Å². The highest BCUT2D eigenvalue weighted by Crippen LogP contribution is 2.17. The largest absolute Gasteiger partial charge is 0.508 e. The number of aromatic nitrogens is 1. The van der Waals surface area contributed by atoms with Crippen molar-refractivity contribution in [3.8, 4) is 5.75 Å². The third kappa shape index (κ3) is 3.66. The van der Waals surface area contributed by atoms with E-state index in [1.807, 2.05) is 6.07 Å². The lowest BCUT2D eigenvalue weighted by Gasteiger charge is -2.07. The first-order valence-corrected chi connectivity index (χ1v) is 8.83. The zero-order valence-corrected chi connectivity index (χ0v) is 13.5. The van der Waals surface area contributed by atoms with Gasteiger partial charge in [0.25, 0.3) is 0 Å². The number of sulfonamides is 1. The van der Waals surface area contributed by atoms with Crippen LogP contribution >= 0.6 is 0 Å². The first-order valence-electron chi connectivity index (χ1n) is 7.34. The molecule has 0 radical (unpaired) electrons. The second-order valence-corrected chi connectivity index (χ2v) is 7.11. The Balaban J connectivity index is 1.63. The van der Waals surface area contributed by atoms with Crippen LogP contribution in [0.3, 0.4) is 0 Å². The second kappa shape index (κ2) is 6.50. The van der Waals surface area contributed by atoms with Gasteiger partial charge in [-0.05, 0) is 42.7 Å². The van der Waals surface area contributed by atoms with Crippen molar-refractivity contribution in [2.24, 2.45) is 0 Å². The third-order valence-corrected chi connectivity index (χ3v) is 5.01. The smallest absolute Gasteiger partial charge is 0.417 e. The Kier molecular flexibility index (Phi) is 4.41. The quantitative estimate of drug-likeness (QED) is 0.587. The number of aryl methyl sites for hydroxylation is 1. The zero-order valence-electron chi connectivity index (χ0n) is 12.7. The van der Waals surface area contributed by atoms with E-state index in [2.05, 4.69) is 9.71 Å². The first-order chi connectivity index (χ1) is 11.4. The molecule has 2 aromatic carbocycles. The Morgan fingerprint density at radius 1 is 1.17 bits per heavy atom. The Labute approximate surface area is 138 Å². The maximum Gasteiger partial charge on any atom is 0.417 e. The summed E-state index contributed by atoms with van der Waals surface area (Å²) in [5, 5.41) is 9.39. The monoisotopic (exact) mass is 348 g/mol. The van der Waals surface area contributed by atoms with E-state index in [4.69, 9.17) is 4.42 Å². The zero-order chi connectivity index (χ0) is 17.2. The van der Waals surface area contributed by atoms with Gasteiger partial charge in [0.1, 0.15) is 5.75 Å². The molecule has 7 nitrogen and oxygen atoms in total. The Morgan fingerprint density at radius 3 is 2.79 bits per heavy atom. The summed E-state index contributed by atoms with van der Waals surface area (Å²) in [6, 6.07) is 11.1. The highest BCUT2D eigenvalue weighted by atomic mass is 32.2. The molecule has 0 atom stereocenters. The number of aromatic hydroxyl groups is 1. The molecule has 0 saturated carbocycles. The van der Waals surface area contributed by atoms with Gasteiger partial charge in [-0.3, -0.25) is 4.98 Å². The molecule has 0 bridgehead atoms. The molecule has 8 heteroatoms. The van der Waals surface area contributed by atoms with Gasteiger partial charge >= 0.3 is 5.76 Å². The summed E-state index contributed by atoms with van der Waals surface area (Å²) >= 11 is 0. The van der Waals surface area contributed by atoms with Gasteiger partial charge in [0.05, 0.1) is 10.4 Å². The highest BCUT2D eigenvalue weighted by molar-refractivity contribution is 7.89. The van der Waals surface area contributed by atoms with Crippen molar-refractivity contribution < 1.29 is 17.9 Å². The molecule has 3 aromatic rings. The van der Waals surface area contributed by atoms with Crippen molar-refractivity contribution in [2.45, 2.75) is 17.7 Å². The van der Waals surface area contributed by atoms with Crippen molar-refractivity contribution >= 4 is 21.1 Å². The number of phenolic OH excluding ortho intramolecular Hbond substituents is 1. The standard InChI is InChI=1S/C16H16N2O5S/c19-12-5-1-3-11(9-12)4-2-8-17-24(21,22)13-6-7-14-15(10-13)23-16(20)18-14/h1,3,5-7,9-10,17,19H,2,4,8H2,(H,18,20). The summed E-state index contributed by atoms with van der Waals surface area (Å²) in [6.07, 6.45) is 1.23. The molecule has 1 aromatic heterocycles. The van der Waals surface area contributed by atoms with E-state index in [0.717, 1.165) is 5.56 Å². The fourth-order valence-corrected chi connectivity index (χ4v) is 3.48. The van der Waals surface area contributed by atoms with Crippen LogP contribution in [0.4, 0.5) is 0 Å². The van der Waals surface area contributed by atoms with Gasteiger partial charge in [-0.25, -0.2) is 17.9 Å². The van der Waals surface area contributed by atoms with E-state index in [-0.39, 0.29) is 22.8 Å². The average Bonchev–Trinajstić information content (AvgIpc) is 2.91. The molecule has 0 spiro atoms. The number of hydrogen-bond acceptors (Lipinski definition) is 5. The molecule has 0 unspecified atom stereocenters. The molecule has 0 aliphatic rings. The molecule has 0 saturated heterocycles. The van der Waals surface area contributed by atoms with Crippen LogP contribution in [0.5, 0.6) is 5.75 Å². The van der Waals surface area contributed by atoms with Crippen molar-refractivity contribution in [1.29, 1.82) is 0 Å². The van der Waals surface area contributed by atoms with E-state index < -0.39 is 15.8 Å². The predicted octanol–water partition coefficient (Wildman–Crippen LogP) is 1.74. The number of rotatable bonds is 6. The fourth-order valence-electron chi connectivity index (χ4n) is 2.39. The number of phenols is 1. The van der Waals surface area contributed by atoms with Gasteiger partial charge in [-0.2, -0.15) is 0 Å². The highest BCUT2D eigenvalue weighted by Gasteiger charge is 2.15. The summed E-state index contributed by atoms with van der Waals surface area (Å²) in [6.45, 7) is 0.257. The fraction of sp³-hybridized carbons (Fsp3) is 0.188. The van der Waals surface area contributed by atoms with Gasteiger partial charge < -0.3 is 9.52 Å². The van der Waals surface area contributed by atoms with E-state index >= 15 is 0 Å². The number of hydrogen-bond donors (Lipinski definition) is 3. The summed E-state index contributed by atoms with van der Waals surface area (Å²) in [7, 11) is -3.68. The molecule has 3 N–H and O–H groups in total. The normalized spacial score (nSPS) is 11.8. The minimum absolute atomic E-state index is 0.0371. The van der Waals surface area contributed by atoms with E-state index in [0.29, 0.717) is 18.4 Å². The summed E-state index contributed by atoms with van der Waals surface area (Å²) in [4.78, 5) is 13.6. The third-order valence-electron chi connectivity index (χ3n) is 3.55. The molecule has 0 aliphatic carbocycles. The first kappa shape index (κ1) is 16.3. The van der Waals surface area contributed by atoms with Crippen LogP contribution in [0.25, 0.3) is 11.1 Å². The van der Waals surface area contributed by atoms with Crippen LogP contribution in [0, 0.1) is 0 Å². The van der Waals surface area contributed by atoms with E-state index in [1.54, 1.807) is 18.2 Å². The number of oxazole rings is 1. The average molecular weight is 348 g/mol. The van der Waals surface area contributed by atoms with Crippen LogP contribution in [0.15, 0.2) is 56.6 Å². The van der Waals surface area contributed by atoms with Crippen LogP contribution in [0.2, 0.25) is 0 Å². The molecule has 1 heterocycles. The molecule has 0 fully saturated rings. The number of benzene rings is 2. The summed E-state index contributed by atoms with van der Waals surface area (Å²) in [5.74, 6) is -0.437. The number of fused-ring (bicyclic) bond motifs is 1. The molecular weight excluding hydrogens is 332 g/mol. The molecule has 3 rings (SSSR count). The van der Waals surface area contributed by atoms with Gasteiger partial charge in [0.2, 0.25) is 10.0 Å². The maximum absolute atomic E-state index is 12.3. The lowest BCUT2D eigenvalue weighted by atomic mass is 10.1. The minimum Gasteiger partial charge on any atom is -0.508 e. The number of nitrogens with one attached hydrogen (secondary N) is 2. The minimum atomic E-state index is -3.68.